The van der Waals surface area contributed by atoms with Crippen molar-refractivity contribution in [2.45, 2.75) is 58.3 Å². The van der Waals surface area contributed by atoms with Crippen molar-refractivity contribution in [3.05, 3.63) is 29.8 Å². The maximum absolute atomic E-state index is 12.9. The first-order valence-corrected chi connectivity index (χ1v) is 9.52. The molecule has 2 unspecified atom stereocenters. The molecule has 1 aromatic rings. The van der Waals surface area contributed by atoms with Crippen LogP contribution < -0.4 is 10.6 Å². The molecule has 0 aromatic heterocycles. The highest BCUT2D eigenvalue weighted by Gasteiger charge is 2.47. The fourth-order valence-corrected chi connectivity index (χ4v) is 3.42. The molecule has 2 heterocycles. The lowest BCUT2D eigenvalue weighted by Gasteiger charge is -2.37. The lowest BCUT2D eigenvalue weighted by atomic mass is 10.1. The Morgan fingerprint density at radius 3 is 2.63 bits per heavy atom. The summed E-state index contributed by atoms with van der Waals surface area (Å²) in [5.41, 5.74) is 1.80. The maximum Gasteiger partial charge on any atom is 0.250 e. The van der Waals surface area contributed by atoms with Crippen molar-refractivity contribution in [2.75, 3.05) is 11.9 Å². The third-order valence-corrected chi connectivity index (χ3v) is 5.34. The smallest absolute Gasteiger partial charge is 0.250 e. The third-order valence-electron chi connectivity index (χ3n) is 5.34. The summed E-state index contributed by atoms with van der Waals surface area (Å²) in [5, 5.41) is 5.63. The van der Waals surface area contributed by atoms with E-state index in [0.717, 1.165) is 5.56 Å². The molecule has 0 saturated carbocycles. The fourth-order valence-electron chi connectivity index (χ4n) is 3.42. The Bertz CT molecular complexity index is 718. The van der Waals surface area contributed by atoms with Crippen LogP contribution in [-0.2, 0) is 19.1 Å². The topological polar surface area (TPSA) is 87.7 Å². The molecule has 2 N–H and O–H groups in total. The normalized spacial score (nSPS) is 25.7. The van der Waals surface area contributed by atoms with E-state index in [2.05, 4.69) is 10.6 Å². The number of ether oxygens (including phenoxy) is 1. The van der Waals surface area contributed by atoms with Crippen molar-refractivity contribution in [3.8, 4) is 0 Å². The number of rotatable bonds is 5. The summed E-state index contributed by atoms with van der Waals surface area (Å²) in [6, 6.07) is 6.18. The Labute approximate surface area is 159 Å². The zero-order valence-corrected chi connectivity index (χ0v) is 16.0. The van der Waals surface area contributed by atoms with Crippen LogP contribution in [0.1, 0.15) is 38.7 Å². The molecule has 3 rings (SSSR count). The maximum atomic E-state index is 12.9. The minimum absolute atomic E-state index is 0.147. The van der Waals surface area contributed by atoms with Crippen LogP contribution in [0.4, 0.5) is 5.69 Å². The predicted molar refractivity (Wildman–Crippen MR) is 101 cm³/mol. The lowest BCUT2D eigenvalue weighted by molar-refractivity contribution is -0.166. The van der Waals surface area contributed by atoms with E-state index in [4.69, 9.17) is 4.74 Å². The van der Waals surface area contributed by atoms with Crippen LogP contribution in [0.5, 0.6) is 0 Å². The highest BCUT2D eigenvalue weighted by atomic mass is 16.5. The van der Waals surface area contributed by atoms with Crippen LogP contribution in [0.25, 0.3) is 0 Å². The van der Waals surface area contributed by atoms with Crippen LogP contribution >= 0.6 is 0 Å². The summed E-state index contributed by atoms with van der Waals surface area (Å²) in [4.78, 5) is 39.3. The summed E-state index contributed by atoms with van der Waals surface area (Å²) in [6.07, 6.45) is 1.45. The SMILES string of the molecule is CC[C@@H](C)C(=O)NC1CO[C@H]2CCC(C(=O)Nc3ccc(C)cc3)N2C1=O. The molecule has 4 atom stereocenters. The molecule has 0 bridgehead atoms. The minimum Gasteiger partial charge on any atom is -0.356 e. The number of anilines is 1. The number of carbonyl (C=O) groups excluding carboxylic acids is 3. The van der Waals surface area contributed by atoms with Gasteiger partial charge in [0.15, 0.2) is 0 Å². The van der Waals surface area contributed by atoms with Crippen LogP contribution in [0, 0.1) is 12.8 Å². The largest absolute Gasteiger partial charge is 0.356 e. The summed E-state index contributed by atoms with van der Waals surface area (Å²) in [6.45, 7) is 5.87. The average molecular weight is 373 g/mol. The number of nitrogens with one attached hydrogen (secondary N) is 2. The highest BCUT2D eigenvalue weighted by molar-refractivity contribution is 5.99. The average Bonchev–Trinajstić information content (AvgIpc) is 3.10. The molecule has 2 fully saturated rings. The third kappa shape index (κ3) is 4.13. The Balaban J connectivity index is 1.68. The number of fused-ring (bicyclic) bond motifs is 1. The van der Waals surface area contributed by atoms with E-state index in [1.54, 1.807) is 0 Å². The number of amides is 3. The molecule has 0 aliphatic carbocycles. The van der Waals surface area contributed by atoms with Crippen molar-refractivity contribution in [2.24, 2.45) is 5.92 Å². The molecular weight excluding hydrogens is 346 g/mol. The van der Waals surface area contributed by atoms with Gasteiger partial charge in [0, 0.05) is 11.6 Å². The van der Waals surface area contributed by atoms with E-state index in [0.29, 0.717) is 24.9 Å². The molecule has 3 amide bonds. The number of hydrogen-bond donors (Lipinski definition) is 2. The number of carbonyl (C=O) groups is 3. The van der Waals surface area contributed by atoms with E-state index in [1.807, 2.05) is 45.0 Å². The zero-order chi connectivity index (χ0) is 19.6. The van der Waals surface area contributed by atoms with Gasteiger partial charge >= 0.3 is 0 Å². The number of benzene rings is 1. The highest BCUT2D eigenvalue weighted by Crippen LogP contribution is 2.30. The molecule has 27 heavy (non-hydrogen) atoms. The number of hydrogen-bond acceptors (Lipinski definition) is 4. The summed E-state index contributed by atoms with van der Waals surface area (Å²) in [7, 11) is 0. The Morgan fingerprint density at radius 2 is 1.96 bits per heavy atom. The van der Waals surface area contributed by atoms with Gasteiger partial charge < -0.3 is 20.3 Å². The van der Waals surface area contributed by atoms with Gasteiger partial charge in [-0.15, -0.1) is 0 Å². The zero-order valence-electron chi connectivity index (χ0n) is 16.0. The monoisotopic (exact) mass is 373 g/mol. The standard InChI is InChI=1S/C20H27N3O4/c1-4-13(3)18(24)22-15-11-27-17-10-9-16(23(17)20(15)26)19(25)21-14-7-5-12(2)6-8-14/h5-8,13,15-17H,4,9-11H2,1-3H3,(H,21,25)(H,22,24)/t13-,15?,16?,17+/m1/s1. The van der Waals surface area contributed by atoms with Crippen molar-refractivity contribution in [3.63, 3.8) is 0 Å². The molecule has 2 saturated heterocycles. The number of nitrogens with zero attached hydrogens (tertiary/aromatic N) is 1. The Kier molecular flexibility index (Phi) is 5.79. The first kappa shape index (κ1) is 19.4. The van der Waals surface area contributed by atoms with Gasteiger partial charge in [-0.25, -0.2) is 0 Å². The van der Waals surface area contributed by atoms with Crippen molar-refractivity contribution in [1.82, 2.24) is 10.2 Å². The Morgan fingerprint density at radius 1 is 1.26 bits per heavy atom. The number of aryl methyl sites for hydroxylation is 1. The molecule has 1 aromatic carbocycles. The second-order valence-electron chi connectivity index (χ2n) is 7.35. The molecule has 146 valence electrons. The van der Waals surface area contributed by atoms with Crippen molar-refractivity contribution < 1.29 is 19.1 Å². The van der Waals surface area contributed by atoms with Crippen LogP contribution in [0.15, 0.2) is 24.3 Å². The molecule has 0 spiro atoms. The van der Waals surface area contributed by atoms with Crippen molar-refractivity contribution >= 4 is 23.4 Å². The van der Waals surface area contributed by atoms with Crippen LogP contribution in [0.3, 0.4) is 0 Å². The van der Waals surface area contributed by atoms with Crippen molar-refractivity contribution in [1.29, 1.82) is 0 Å². The Hall–Kier alpha value is -2.41. The van der Waals surface area contributed by atoms with Gasteiger partial charge in [0.2, 0.25) is 17.7 Å². The van der Waals surface area contributed by atoms with Crippen LogP contribution in [0.2, 0.25) is 0 Å². The molecule has 0 radical (unpaired) electrons. The molecular formula is C20H27N3O4. The summed E-state index contributed by atoms with van der Waals surface area (Å²) < 4.78 is 5.76. The quantitative estimate of drug-likeness (QED) is 0.824. The second-order valence-corrected chi connectivity index (χ2v) is 7.35. The lowest BCUT2D eigenvalue weighted by Crippen LogP contribution is -2.61. The van der Waals surface area contributed by atoms with Gasteiger partial charge in [-0.3, -0.25) is 14.4 Å². The fraction of sp³-hybridized carbons (Fsp3) is 0.550. The van der Waals surface area contributed by atoms with Gasteiger partial charge in [-0.1, -0.05) is 31.5 Å². The predicted octanol–water partition coefficient (Wildman–Crippen LogP) is 1.81. The van der Waals surface area contributed by atoms with Crippen LogP contribution in [-0.4, -0.2) is 47.5 Å². The summed E-state index contributed by atoms with van der Waals surface area (Å²) in [5.74, 6) is -0.816. The van der Waals surface area contributed by atoms with E-state index < -0.39 is 18.3 Å². The van der Waals surface area contributed by atoms with Gasteiger partial charge in [-0.2, -0.15) is 0 Å². The summed E-state index contributed by atoms with van der Waals surface area (Å²) >= 11 is 0. The van der Waals surface area contributed by atoms with Gasteiger partial charge in [0.25, 0.3) is 0 Å². The van der Waals surface area contributed by atoms with E-state index in [-0.39, 0.29) is 30.2 Å². The first-order chi connectivity index (χ1) is 12.9. The van der Waals surface area contributed by atoms with Gasteiger partial charge in [0.1, 0.15) is 18.3 Å². The second kappa shape index (κ2) is 8.08. The molecule has 2 aliphatic heterocycles. The van der Waals surface area contributed by atoms with E-state index in [1.165, 1.54) is 4.90 Å². The molecule has 7 heteroatoms. The van der Waals surface area contributed by atoms with E-state index >= 15 is 0 Å². The molecule has 2 aliphatic rings. The van der Waals surface area contributed by atoms with Gasteiger partial charge in [0.05, 0.1) is 6.61 Å². The molecule has 7 nitrogen and oxygen atoms in total. The van der Waals surface area contributed by atoms with E-state index in [9.17, 15) is 14.4 Å². The first-order valence-electron chi connectivity index (χ1n) is 9.52. The van der Waals surface area contributed by atoms with Gasteiger partial charge in [-0.05, 0) is 38.3 Å². The minimum atomic E-state index is -0.740.